The Balaban J connectivity index is 1.86. The summed E-state index contributed by atoms with van der Waals surface area (Å²) in [7, 11) is 1.77. The SMILES string of the molecule is CN(Cc1cccs1)C(=O)CSc1ccccc1F. The molecule has 0 fully saturated rings. The van der Waals surface area contributed by atoms with Crippen molar-refractivity contribution in [2.45, 2.75) is 11.4 Å². The fraction of sp³-hybridized carbons (Fsp3) is 0.214. The smallest absolute Gasteiger partial charge is 0.233 e. The van der Waals surface area contributed by atoms with Crippen LogP contribution in [0.25, 0.3) is 0 Å². The second-order valence-electron chi connectivity index (χ2n) is 4.05. The lowest BCUT2D eigenvalue weighted by atomic mass is 10.3. The Labute approximate surface area is 120 Å². The zero-order valence-corrected chi connectivity index (χ0v) is 12.1. The van der Waals surface area contributed by atoms with Crippen molar-refractivity contribution in [1.82, 2.24) is 4.90 Å². The van der Waals surface area contributed by atoms with Gasteiger partial charge in [0, 0.05) is 16.8 Å². The molecule has 0 aliphatic heterocycles. The maximum absolute atomic E-state index is 13.4. The van der Waals surface area contributed by atoms with E-state index in [2.05, 4.69) is 0 Å². The first kappa shape index (κ1) is 14.1. The molecule has 0 spiro atoms. The van der Waals surface area contributed by atoms with Gasteiger partial charge in [0.05, 0.1) is 12.3 Å². The summed E-state index contributed by atoms with van der Waals surface area (Å²) in [6, 6.07) is 10.5. The fourth-order valence-corrected chi connectivity index (χ4v) is 3.17. The lowest BCUT2D eigenvalue weighted by Crippen LogP contribution is -2.27. The third-order valence-electron chi connectivity index (χ3n) is 2.59. The highest BCUT2D eigenvalue weighted by Crippen LogP contribution is 2.21. The van der Waals surface area contributed by atoms with Gasteiger partial charge < -0.3 is 4.90 Å². The maximum atomic E-state index is 13.4. The Morgan fingerprint density at radius 1 is 1.32 bits per heavy atom. The molecule has 0 saturated heterocycles. The minimum absolute atomic E-state index is 0.00153. The van der Waals surface area contributed by atoms with Gasteiger partial charge in [-0.25, -0.2) is 4.39 Å². The van der Waals surface area contributed by atoms with E-state index in [4.69, 9.17) is 0 Å². The Hall–Kier alpha value is -1.33. The van der Waals surface area contributed by atoms with E-state index in [1.54, 1.807) is 41.5 Å². The predicted octanol–water partition coefficient (Wildman–Crippen LogP) is 3.64. The van der Waals surface area contributed by atoms with Gasteiger partial charge in [0.25, 0.3) is 0 Å². The van der Waals surface area contributed by atoms with E-state index in [-0.39, 0.29) is 17.5 Å². The molecule has 0 aliphatic rings. The molecule has 100 valence electrons. The summed E-state index contributed by atoms with van der Waals surface area (Å²) in [5.74, 6) is -0.0223. The van der Waals surface area contributed by atoms with Crippen molar-refractivity contribution >= 4 is 29.0 Å². The van der Waals surface area contributed by atoms with Gasteiger partial charge in [-0.1, -0.05) is 18.2 Å². The Kier molecular flexibility index (Phi) is 4.99. The van der Waals surface area contributed by atoms with Crippen molar-refractivity contribution < 1.29 is 9.18 Å². The van der Waals surface area contributed by atoms with Gasteiger partial charge in [-0.15, -0.1) is 23.1 Å². The molecule has 2 nitrogen and oxygen atoms in total. The highest BCUT2D eigenvalue weighted by atomic mass is 32.2. The van der Waals surface area contributed by atoms with Gasteiger partial charge in [-0.05, 0) is 23.6 Å². The normalized spacial score (nSPS) is 10.4. The average Bonchev–Trinajstić information content (AvgIpc) is 2.90. The molecule has 0 saturated carbocycles. The van der Waals surface area contributed by atoms with E-state index in [0.29, 0.717) is 11.4 Å². The summed E-state index contributed by atoms with van der Waals surface area (Å²) >= 11 is 2.86. The van der Waals surface area contributed by atoms with Crippen molar-refractivity contribution in [3.05, 3.63) is 52.5 Å². The topological polar surface area (TPSA) is 20.3 Å². The van der Waals surface area contributed by atoms with Gasteiger partial charge in [0.15, 0.2) is 0 Å². The van der Waals surface area contributed by atoms with Crippen LogP contribution in [0.15, 0.2) is 46.7 Å². The molecule has 1 heterocycles. The van der Waals surface area contributed by atoms with Crippen LogP contribution in [0.3, 0.4) is 0 Å². The summed E-state index contributed by atoms with van der Waals surface area (Å²) in [5.41, 5.74) is 0. The van der Waals surface area contributed by atoms with Crippen molar-refractivity contribution in [1.29, 1.82) is 0 Å². The molecular formula is C14H14FNOS2. The zero-order chi connectivity index (χ0) is 13.7. The Bertz CT molecular complexity index is 542. The lowest BCUT2D eigenvalue weighted by molar-refractivity contribution is -0.127. The third kappa shape index (κ3) is 4.08. The largest absolute Gasteiger partial charge is 0.340 e. The van der Waals surface area contributed by atoms with Crippen LogP contribution in [0.2, 0.25) is 0 Å². The number of hydrogen-bond acceptors (Lipinski definition) is 3. The molecule has 1 aromatic heterocycles. The average molecular weight is 295 g/mol. The summed E-state index contributed by atoms with van der Waals surface area (Å²) in [4.78, 5) is 15.3. The molecule has 2 aromatic rings. The highest BCUT2D eigenvalue weighted by molar-refractivity contribution is 8.00. The molecule has 0 radical (unpaired) electrons. The number of carbonyl (C=O) groups is 1. The number of halogens is 1. The summed E-state index contributed by atoms with van der Waals surface area (Å²) in [6.45, 7) is 0.605. The molecule has 2 rings (SSSR count). The number of thioether (sulfide) groups is 1. The Morgan fingerprint density at radius 2 is 2.11 bits per heavy atom. The van der Waals surface area contributed by atoms with E-state index < -0.39 is 0 Å². The number of benzene rings is 1. The van der Waals surface area contributed by atoms with Crippen molar-refractivity contribution in [2.75, 3.05) is 12.8 Å². The molecule has 1 amide bonds. The quantitative estimate of drug-likeness (QED) is 0.785. The molecule has 0 N–H and O–H groups in total. The molecule has 0 bridgehead atoms. The Morgan fingerprint density at radius 3 is 2.79 bits per heavy atom. The lowest BCUT2D eigenvalue weighted by Gasteiger charge is -2.16. The number of amides is 1. The predicted molar refractivity (Wildman–Crippen MR) is 77.9 cm³/mol. The third-order valence-corrected chi connectivity index (χ3v) is 4.48. The van der Waals surface area contributed by atoms with Crippen molar-refractivity contribution in [3.63, 3.8) is 0 Å². The van der Waals surface area contributed by atoms with Crippen LogP contribution in [-0.2, 0) is 11.3 Å². The summed E-state index contributed by atoms with van der Waals surface area (Å²) in [5, 5.41) is 1.99. The van der Waals surface area contributed by atoms with Crippen molar-refractivity contribution in [2.24, 2.45) is 0 Å². The van der Waals surface area contributed by atoms with E-state index >= 15 is 0 Å². The minimum Gasteiger partial charge on any atom is -0.340 e. The minimum atomic E-state index is -0.277. The zero-order valence-electron chi connectivity index (χ0n) is 10.5. The van der Waals surface area contributed by atoms with E-state index in [1.165, 1.54) is 17.8 Å². The molecule has 1 aromatic carbocycles. The first-order chi connectivity index (χ1) is 9.16. The summed E-state index contributed by atoms with van der Waals surface area (Å²) in [6.07, 6.45) is 0. The van der Waals surface area contributed by atoms with Crippen LogP contribution in [0.1, 0.15) is 4.88 Å². The van der Waals surface area contributed by atoms with Gasteiger partial charge >= 0.3 is 0 Å². The molecule has 0 atom stereocenters. The van der Waals surface area contributed by atoms with Crippen LogP contribution >= 0.6 is 23.1 Å². The second-order valence-corrected chi connectivity index (χ2v) is 6.10. The van der Waals surface area contributed by atoms with Gasteiger partial charge in [-0.2, -0.15) is 0 Å². The number of nitrogens with zero attached hydrogens (tertiary/aromatic N) is 1. The molecular weight excluding hydrogens is 281 g/mol. The van der Waals surface area contributed by atoms with Crippen molar-refractivity contribution in [3.8, 4) is 0 Å². The molecule has 0 aliphatic carbocycles. The van der Waals surface area contributed by atoms with Crippen LogP contribution in [0.4, 0.5) is 4.39 Å². The monoisotopic (exact) mass is 295 g/mol. The number of rotatable bonds is 5. The van der Waals surface area contributed by atoms with Gasteiger partial charge in [0.2, 0.25) is 5.91 Å². The second kappa shape index (κ2) is 6.73. The van der Waals surface area contributed by atoms with E-state index in [1.807, 2.05) is 17.5 Å². The van der Waals surface area contributed by atoms with Crippen LogP contribution < -0.4 is 0 Å². The van der Waals surface area contributed by atoms with Crippen LogP contribution in [0.5, 0.6) is 0 Å². The van der Waals surface area contributed by atoms with E-state index in [9.17, 15) is 9.18 Å². The van der Waals surface area contributed by atoms with Gasteiger partial charge in [-0.3, -0.25) is 4.79 Å². The maximum Gasteiger partial charge on any atom is 0.233 e. The standard InChI is InChI=1S/C14H14FNOS2/c1-16(9-11-5-4-8-18-11)14(17)10-19-13-7-3-2-6-12(13)15/h2-8H,9-10H2,1H3. The molecule has 5 heteroatoms. The highest BCUT2D eigenvalue weighted by Gasteiger charge is 2.11. The fourth-order valence-electron chi connectivity index (χ4n) is 1.54. The number of thiophene rings is 1. The first-order valence-electron chi connectivity index (χ1n) is 5.80. The number of carbonyl (C=O) groups excluding carboxylic acids is 1. The van der Waals surface area contributed by atoms with Gasteiger partial charge in [0.1, 0.15) is 5.82 Å². The first-order valence-corrected chi connectivity index (χ1v) is 7.67. The van der Waals surface area contributed by atoms with Crippen LogP contribution in [0, 0.1) is 5.82 Å². The molecule has 19 heavy (non-hydrogen) atoms. The van der Waals surface area contributed by atoms with E-state index in [0.717, 1.165) is 4.88 Å². The summed E-state index contributed by atoms with van der Waals surface area (Å²) < 4.78 is 13.4. The molecule has 0 unspecified atom stereocenters. The van der Waals surface area contributed by atoms with Crippen LogP contribution in [-0.4, -0.2) is 23.6 Å². The number of hydrogen-bond donors (Lipinski definition) is 0.